The van der Waals surface area contributed by atoms with E-state index in [1.807, 2.05) is 6.92 Å². The van der Waals surface area contributed by atoms with Gasteiger partial charge in [0, 0.05) is 19.1 Å². The summed E-state index contributed by atoms with van der Waals surface area (Å²) < 4.78 is 1.93. The molecule has 0 aliphatic carbocycles. The summed E-state index contributed by atoms with van der Waals surface area (Å²) in [6.45, 7) is 5.09. The number of aromatic nitrogens is 2. The molecule has 1 heterocycles. The third kappa shape index (κ3) is 3.54. The monoisotopic (exact) mass is 302 g/mol. The smallest absolute Gasteiger partial charge is 0.283 e. The summed E-state index contributed by atoms with van der Waals surface area (Å²) in [7, 11) is 0. The Balaban J connectivity index is 2.92. The largest absolute Gasteiger partial charge is 0.379 e. The van der Waals surface area contributed by atoms with Crippen molar-refractivity contribution in [2.45, 2.75) is 39.3 Å². The number of aryl methyl sites for hydroxylation is 1. The molecule has 0 aromatic carbocycles. The fraction of sp³-hybridized carbons (Fsp3) is 0.636. The van der Waals surface area contributed by atoms with Crippen LogP contribution in [0.15, 0.2) is 15.5 Å². The van der Waals surface area contributed by atoms with Crippen LogP contribution < -0.4 is 16.6 Å². The summed E-state index contributed by atoms with van der Waals surface area (Å²) in [6.07, 6.45) is 3.68. The highest BCUT2D eigenvalue weighted by atomic mass is 79.9. The van der Waals surface area contributed by atoms with Crippen molar-refractivity contribution in [3.63, 3.8) is 0 Å². The molecule has 0 aliphatic heterocycles. The highest BCUT2D eigenvalue weighted by Crippen LogP contribution is 2.17. The van der Waals surface area contributed by atoms with Gasteiger partial charge < -0.3 is 11.1 Å². The van der Waals surface area contributed by atoms with Crippen molar-refractivity contribution >= 4 is 21.6 Å². The molecular formula is C11H19BrN4O. The molecule has 3 N–H and O–H groups in total. The van der Waals surface area contributed by atoms with Crippen molar-refractivity contribution in [1.82, 2.24) is 9.78 Å². The quantitative estimate of drug-likeness (QED) is 0.836. The van der Waals surface area contributed by atoms with Gasteiger partial charge in [-0.15, -0.1) is 0 Å². The summed E-state index contributed by atoms with van der Waals surface area (Å²) >= 11 is 3.30. The summed E-state index contributed by atoms with van der Waals surface area (Å²) in [6, 6.07) is 0.176. The van der Waals surface area contributed by atoms with E-state index in [-0.39, 0.29) is 11.6 Å². The van der Waals surface area contributed by atoms with Gasteiger partial charge in [-0.05, 0) is 29.3 Å². The second-order valence-electron chi connectivity index (χ2n) is 3.86. The molecule has 0 saturated carbocycles. The number of nitrogens with zero attached hydrogens (tertiary/aromatic N) is 2. The highest BCUT2D eigenvalue weighted by Gasteiger charge is 2.11. The Kier molecular flexibility index (Phi) is 5.64. The minimum Gasteiger partial charge on any atom is -0.379 e. The van der Waals surface area contributed by atoms with E-state index in [1.165, 1.54) is 4.68 Å². The first kappa shape index (κ1) is 14.2. The molecular weight excluding hydrogens is 284 g/mol. The average Bonchev–Trinajstić information content (AvgIpc) is 2.34. The number of nitrogens with two attached hydrogens (primary N) is 1. The third-order valence-corrected chi connectivity index (χ3v) is 3.33. The Labute approximate surface area is 110 Å². The van der Waals surface area contributed by atoms with E-state index in [0.717, 1.165) is 12.8 Å². The SMILES string of the molecule is CCCC(CN)Nc1cnn(CC)c(=O)c1Br. The maximum Gasteiger partial charge on any atom is 0.283 e. The van der Waals surface area contributed by atoms with Gasteiger partial charge >= 0.3 is 0 Å². The zero-order chi connectivity index (χ0) is 12.8. The molecule has 0 saturated heterocycles. The molecule has 1 aromatic heterocycles. The molecule has 0 amide bonds. The second kappa shape index (κ2) is 6.76. The second-order valence-corrected chi connectivity index (χ2v) is 4.65. The van der Waals surface area contributed by atoms with Gasteiger partial charge in [0.05, 0.1) is 11.9 Å². The molecule has 96 valence electrons. The molecule has 0 bridgehead atoms. The van der Waals surface area contributed by atoms with Crippen LogP contribution in [-0.4, -0.2) is 22.4 Å². The molecule has 1 rings (SSSR count). The van der Waals surface area contributed by atoms with Crippen LogP contribution in [0.2, 0.25) is 0 Å². The van der Waals surface area contributed by atoms with E-state index in [4.69, 9.17) is 5.73 Å². The van der Waals surface area contributed by atoms with Crippen LogP contribution in [-0.2, 0) is 6.54 Å². The Morgan fingerprint density at radius 2 is 2.29 bits per heavy atom. The Hall–Kier alpha value is -0.880. The molecule has 6 heteroatoms. The number of rotatable bonds is 6. The number of hydrogen-bond acceptors (Lipinski definition) is 4. The van der Waals surface area contributed by atoms with Gasteiger partial charge in [-0.1, -0.05) is 13.3 Å². The molecule has 0 spiro atoms. The first-order chi connectivity index (χ1) is 8.13. The first-order valence-electron chi connectivity index (χ1n) is 5.86. The minimum atomic E-state index is -0.121. The standard InChI is InChI=1S/C11H19BrN4O/c1-3-5-8(6-13)15-9-7-14-16(4-2)11(17)10(9)12/h7-8,15H,3-6,13H2,1-2H3. The van der Waals surface area contributed by atoms with Gasteiger partial charge in [-0.3, -0.25) is 4.79 Å². The number of halogens is 1. The van der Waals surface area contributed by atoms with Crippen LogP contribution in [0.1, 0.15) is 26.7 Å². The van der Waals surface area contributed by atoms with Gasteiger partial charge in [-0.25, -0.2) is 4.68 Å². The minimum absolute atomic E-state index is 0.121. The van der Waals surface area contributed by atoms with Crippen molar-refractivity contribution in [2.75, 3.05) is 11.9 Å². The number of hydrogen-bond donors (Lipinski definition) is 2. The van der Waals surface area contributed by atoms with Crippen LogP contribution in [0.25, 0.3) is 0 Å². The zero-order valence-electron chi connectivity index (χ0n) is 10.2. The van der Waals surface area contributed by atoms with Crippen molar-refractivity contribution in [2.24, 2.45) is 5.73 Å². The van der Waals surface area contributed by atoms with E-state index < -0.39 is 0 Å². The van der Waals surface area contributed by atoms with E-state index in [2.05, 4.69) is 33.3 Å². The van der Waals surface area contributed by atoms with E-state index in [0.29, 0.717) is 23.2 Å². The predicted octanol–water partition coefficient (Wildman–Crippen LogP) is 1.56. The number of anilines is 1. The predicted molar refractivity (Wildman–Crippen MR) is 73.2 cm³/mol. The Morgan fingerprint density at radius 1 is 1.59 bits per heavy atom. The summed E-state index contributed by atoms with van der Waals surface area (Å²) in [5.41, 5.74) is 6.26. The van der Waals surface area contributed by atoms with Crippen molar-refractivity contribution in [1.29, 1.82) is 0 Å². The van der Waals surface area contributed by atoms with Crippen LogP contribution in [0.4, 0.5) is 5.69 Å². The van der Waals surface area contributed by atoms with E-state index in [1.54, 1.807) is 6.20 Å². The van der Waals surface area contributed by atoms with E-state index >= 15 is 0 Å². The van der Waals surface area contributed by atoms with Crippen LogP contribution in [0.5, 0.6) is 0 Å². The Bertz CT molecular complexity index is 418. The fourth-order valence-electron chi connectivity index (χ4n) is 1.61. The first-order valence-corrected chi connectivity index (χ1v) is 6.65. The molecule has 1 atom stereocenters. The third-order valence-electron chi connectivity index (χ3n) is 2.57. The van der Waals surface area contributed by atoms with Crippen LogP contribution in [0.3, 0.4) is 0 Å². The maximum atomic E-state index is 11.8. The lowest BCUT2D eigenvalue weighted by atomic mass is 10.1. The van der Waals surface area contributed by atoms with Crippen LogP contribution in [0, 0.1) is 0 Å². The average molecular weight is 303 g/mol. The fourth-order valence-corrected chi connectivity index (χ4v) is 2.03. The van der Waals surface area contributed by atoms with Gasteiger partial charge in [0.15, 0.2) is 0 Å². The van der Waals surface area contributed by atoms with Crippen molar-refractivity contribution < 1.29 is 0 Å². The summed E-state index contributed by atoms with van der Waals surface area (Å²) in [5, 5.41) is 7.32. The molecule has 0 aliphatic rings. The van der Waals surface area contributed by atoms with Crippen LogP contribution >= 0.6 is 15.9 Å². The lowest BCUT2D eigenvalue weighted by Crippen LogP contribution is -2.31. The summed E-state index contributed by atoms with van der Waals surface area (Å²) in [4.78, 5) is 11.8. The molecule has 5 nitrogen and oxygen atoms in total. The van der Waals surface area contributed by atoms with E-state index in [9.17, 15) is 4.79 Å². The Morgan fingerprint density at radius 3 is 2.82 bits per heavy atom. The van der Waals surface area contributed by atoms with Gasteiger partial charge in [-0.2, -0.15) is 5.10 Å². The number of nitrogens with one attached hydrogen (secondary N) is 1. The molecule has 0 radical (unpaired) electrons. The van der Waals surface area contributed by atoms with Crippen molar-refractivity contribution in [3.8, 4) is 0 Å². The topological polar surface area (TPSA) is 72.9 Å². The molecule has 1 unspecified atom stereocenters. The zero-order valence-corrected chi connectivity index (χ0v) is 11.8. The lowest BCUT2D eigenvalue weighted by Gasteiger charge is -2.18. The molecule has 1 aromatic rings. The lowest BCUT2D eigenvalue weighted by molar-refractivity contribution is 0.607. The van der Waals surface area contributed by atoms with Gasteiger partial charge in [0.1, 0.15) is 4.47 Å². The molecule has 17 heavy (non-hydrogen) atoms. The van der Waals surface area contributed by atoms with Gasteiger partial charge in [0.25, 0.3) is 5.56 Å². The normalized spacial score (nSPS) is 12.5. The van der Waals surface area contributed by atoms with Crippen molar-refractivity contribution in [3.05, 3.63) is 21.0 Å². The summed E-state index contributed by atoms with van der Waals surface area (Å²) in [5.74, 6) is 0. The molecule has 0 fully saturated rings. The van der Waals surface area contributed by atoms with Gasteiger partial charge in [0.2, 0.25) is 0 Å². The highest BCUT2D eigenvalue weighted by molar-refractivity contribution is 9.10. The maximum absolute atomic E-state index is 11.8.